The highest BCUT2D eigenvalue weighted by atomic mass is 16.5. The lowest BCUT2D eigenvalue weighted by molar-refractivity contribution is 0.00632. The van der Waals surface area contributed by atoms with Crippen molar-refractivity contribution >= 4 is 11.7 Å². The highest BCUT2D eigenvalue weighted by Crippen LogP contribution is 2.22. The first-order valence-electron chi connectivity index (χ1n) is 8.78. The number of ether oxygens (including phenoxy) is 1. The summed E-state index contributed by atoms with van der Waals surface area (Å²) in [5, 5.41) is 9.90. The molecule has 1 aromatic carbocycles. The monoisotopic (exact) mass is 348 g/mol. The summed E-state index contributed by atoms with van der Waals surface area (Å²) in [6, 6.07) is 4.48. The third kappa shape index (κ3) is 5.54. The summed E-state index contributed by atoms with van der Waals surface area (Å²) < 4.78 is 5.89. The number of hydrogen-bond donors (Lipinski definition) is 1. The number of rotatable bonds is 7. The van der Waals surface area contributed by atoms with Crippen molar-refractivity contribution in [2.24, 2.45) is 0 Å². The summed E-state index contributed by atoms with van der Waals surface area (Å²) >= 11 is 0. The summed E-state index contributed by atoms with van der Waals surface area (Å²) in [6.45, 7) is 4.44. The Balaban J connectivity index is 1.83. The first-order valence-corrected chi connectivity index (χ1v) is 8.78. The molecular weight excluding hydrogens is 320 g/mol. The fourth-order valence-corrected chi connectivity index (χ4v) is 3.00. The van der Waals surface area contributed by atoms with Crippen LogP contribution in [0.1, 0.15) is 46.9 Å². The maximum absolute atomic E-state index is 12.6. The molecule has 25 heavy (non-hydrogen) atoms. The zero-order valence-corrected chi connectivity index (χ0v) is 15.3. The number of amides is 1. The first kappa shape index (κ1) is 19.4. The Morgan fingerprint density at radius 2 is 1.96 bits per heavy atom. The van der Waals surface area contributed by atoms with Gasteiger partial charge in [0, 0.05) is 25.3 Å². The summed E-state index contributed by atoms with van der Waals surface area (Å²) in [6.07, 6.45) is 2.87. The number of nitrogens with zero attached hydrogens (tertiary/aromatic N) is 2. The average molecular weight is 348 g/mol. The van der Waals surface area contributed by atoms with Crippen molar-refractivity contribution in [1.82, 2.24) is 9.80 Å². The number of phenolic OH excluding ortho intramolecular Hbond substituents is 1. The van der Waals surface area contributed by atoms with Crippen molar-refractivity contribution in [3.63, 3.8) is 0 Å². The van der Waals surface area contributed by atoms with Gasteiger partial charge in [-0.2, -0.15) is 0 Å². The number of likely N-dealkylation sites (tertiary alicyclic amines) is 1. The number of Topliss-reactive ketones (excluding diaryl/α,β-unsaturated/α-hetero) is 1. The third-order valence-corrected chi connectivity index (χ3v) is 4.46. The van der Waals surface area contributed by atoms with E-state index in [1.807, 2.05) is 14.1 Å². The van der Waals surface area contributed by atoms with Crippen LogP contribution in [-0.2, 0) is 4.74 Å². The normalized spacial score (nSPS) is 15.6. The Hall–Kier alpha value is -1.92. The maximum atomic E-state index is 12.6. The van der Waals surface area contributed by atoms with Crippen LogP contribution in [0.5, 0.6) is 5.75 Å². The van der Waals surface area contributed by atoms with Crippen LogP contribution in [0.4, 0.5) is 0 Å². The van der Waals surface area contributed by atoms with Crippen molar-refractivity contribution in [3.8, 4) is 5.75 Å². The van der Waals surface area contributed by atoms with E-state index in [4.69, 9.17) is 4.74 Å². The van der Waals surface area contributed by atoms with E-state index in [9.17, 15) is 14.7 Å². The van der Waals surface area contributed by atoms with Crippen LogP contribution in [0.2, 0.25) is 0 Å². The van der Waals surface area contributed by atoms with Gasteiger partial charge in [0.1, 0.15) is 5.75 Å². The molecule has 0 unspecified atom stereocenters. The number of benzene rings is 1. The van der Waals surface area contributed by atoms with Gasteiger partial charge in [-0.05, 0) is 65.0 Å². The van der Waals surface area contributed by atoms with Crippen molar-refractivity contribution in [1.29, 1.82) is 0 Å². The van der Waals surface area contributed by atoms with Crippen molar-refractivity contribution in [2.75, 3.05) is 40.3 Å². The fraction of sp³-hybridized carbons (Fsp3) is 0.579. The molecule has 1 aromatic rings. The van der Waals surface area contributed by atoms with Crippen molar-refractivity contribution in [3.05, 3.63) is 29.3 Å². The van der Waals surface area contributed by atoms with E-state index in [0.29, 0.717) is 18.7 Å². The van der Waals surface area contributed by atoms with Crippen LogP contribution in [0.15, 0.2) is 18.2 Å². The molecule has 0 saturated carbocycles. The Morgan fingerprint density at radius 1 is 1.28 bits per heavy atom. The molecule has 1 heterocycles. The Morgan fingerprint density at radius 3 is 2.52 bits per heavy atom. The van der Waals surface area contributed by atoms with Crippen LogP contribution < -0.4 is 0 Å². The molecule has 1 aliphatic heterocycles. The molecule has 2 rings (SSSR count). The summed E-state index contributed by atoms with van der Waals surface area (Å²) in [5.41, 5.74) is 0.647. The lowest BCUT2D eigenvalue weighted by Gasteiger charge is -2.32. The van der Waals surface area contributed by atoms with Crippen LogP contribution in [0.3, 0.4) is 0 Å². The number of carbonyl (C=O) groups excluding carboxylic acids is 2. The number of ketones is 1. The van der Waals surface area contributed by atoms with E-state index in [1.165, 1.54) is 19.1 Å². The quantitative estimate of drug-likeness (QED) is 0.604. The van der Waals surface area contributed by atoms with Crippen molar-refractivity contribution < 1.29 is 19.4 Å². The van der Waals surface area contributed by atoms with Crippen LogP contribution >= 0.6 is 0 Å². The number of piperidine rings is 1. The predicted molar refractivity (Wildman–Crippen MR) is 96.2 cm³/mol. The maximum Gasteiger partial charge on any atom is 0.253 e. The lowest BCUT2D eigenvalue weighted by Crippen LogP contribution is -2.41. The number of hydrogen-bond acceptors (Lipinski definition) is 5. The van der Waals surface area contributed by atoms with Crippen molar-refractivity contribution in [2.45, 2.75) is 32.3 Å². The highest BCUT2D eigenvalue weighted by Gasteiger charge is 2.24. The van der Waals surface area contributed by atoms with Gasteiger partial charge in [-0.15, -0.1) is 0 Å². The van der Waals surface area contributed by atoms with E-state index in [1.54, 1.807) is 11.0 Å². The molecule has 0 aliphatic carbocycles. The first-order chi connectivity index (χ1) is 11.9. The fourth-order valence-electron chi connectivity index (χ4n) is 3.00. The van der Waals surface area contributed by atoms with E-state index in [-0.39, 0.29) is 29.1 Å². The molecule has 6 heteroatoms. The second-order valence-corrected chi connectivity index (χ2v) is 6.81. The van der Waals surface area contributed by atoms with Gasteiger partial charge in [-0.1, -0.05) is 0 Å². The molecule has 6 nitrogen and oxygen atoms in total. The second kappa shape index (κ2) is 8.97. The van der Waals surface area contributed by atoms with Gasteiger partial charge in [-0.25, -0.2) is 0 Å². The van der Waals surface area contributed by atoms with Gasteiger partial charge in [-0.3, -0.25) is 9.59 Å². The molecular formula is C19H28N2O4. The van der Waals surface area contributed by atoms with Crippen LogP contribution in [0, 0.1) is 0 Å². The minimum absolute atomic E-state index is 0.114. The summed E-state index contributed by atoms with van der Waals surface area (Å²) in [7, 11) is 4.09. The van der Waals surface area contributed by atoms with Gasteiger partial charge in [0.25, 0.3) is 5.91 Å². The SMILES string of the molecule is CC(=O)c1ccc(C(=O)N2CCC(OCCCN(C)C)CC2)cc1O. The minimum atomic E-state index is -0.219. The average Bonchev–Trinajstić information content (AvgIpc) is 2.58. The zero-order valence-electron chi connectivity index (χ0n) is 15.3. The predicted octanol–water partition coefficient (Wildman–Crippen LogP) is 2.17. The van der Waals surface area contributed by atoms with Gasteiger partial charge < -0.3 is 19.6 Å². The van der Waals surface area contributed by atoms with E-state index in [0.717, 1.165) is 32.4 Å². The van der Waals surface area contributed by atoms with Gasteiger partial charge in [0.2, 0.25) is 0 Å². The molecule has 1 fully saturated rings. The number of phenols is 1. The van der Waals surface area contributed by atoms with Gasteiger partial charge in [0.05, 0.1) is 11.7 Å². The van der Waals surface area contributed by atoms with Gasteiger partial charge in [0.15, 0.2) is 5.78 Å². The highest BCUT2D eigenvalue weighted by molar-refractivity contribution is 6.00. The van der Waals surface area contributed by atoms with E-state index < -0.39 is 0 Å². The topological polar surface area (TPSA) is 70.1 Å². The standard InChI is InChI=1S/C19H28N2O4/c1-14(22)17-6-5-15(13-18(17)23)19(24)21-10-7-16(8-11-21)25-12-4-9-20(2)3/h5-6,13,16,23H,4,7-12H2,1-3H3. The molecule has 0 aromatic heterocycles. The molecule has 1 N–H and O–H groups in total. The van der Waals surface area contributed by atoms with Crippen LogP contribution in [-0.4, -0.2) is 73.0 Å². The molecule has 1 amide bonds. The Kier molecular flexibility index (Phi) is 6.96. The molecule has 0 bridgehead atoms. The summed E-state index contributed by atoms with van der Waals surface area (Å²) in [5.74, 6) is -0.474. The molecule has 0 radical (unpaired) electrons. The Labute approximate surface area is 149 Å². The van der Waals surface area contributed by atoms with E-state index >= 15 is 0 Å². The van der Waals surface area contributed by atoms with Gasteiger partial charge >= 0.3 is 0 Å². The Bertz CT molecular complexity index is 607. The lowest BCUT2D eigenvalue weighted by atomic mass is 10.0. The number of aromatic hydroxyl groups is 1. The summed E-state index contributed by atoms with van der Waals surface area (Å²) in [4.78, 5) is 27.8. The second-order valence-electron chi connectivity index (χ2n) is 6.81. The molecule has 0 atom stereocenters. The smallest absolute Gasteiger partial charge is 0.253 e. The number of carbonyl (C=O) groups is 2. The van der Waals surface area contributed by atoms with E-state index in [2.05, 4.69) is 4.90 Å². The van der Waals surface area contributed by atoms with Crippen LogP contribution in [0.25, 0.3) is 0 Å². The molecule has 0 spiro atoms. The molecule has 1 saturated heterocycles. The minimum Gasteiger partial charge on any atom is -0.507 e. The zero-order chi connectivity index (χ0) is 18.4. The third-order valence-electron chi connectivity index (χ3n) is 4.46. The molecule has 1 aliphatic rings. The largest absolute Gasteiger partial charge is 0.507 e. The molecule has 138 valence electrons.